The number of nitrogens with one attached hydrogen (secondary N) is 1. The predicted octanol–water partition coefficient (Wildman–Crippen LogP) is 3.01. The highest BCUT2D eigenvalue weighted by Gasteiger charge is 2.34. The highest BCUT2D eigenvalue weighted by Crippen LogP contribution is 2.34. The minimum absolute atomic E-state index is 0.0898. The SMILES string of the molecule is CCS(=O)(=O)N1CC(CNc2nc3cc(C(F)(F)F)ccc3s2)C1. The Kier molecular flexibility index (Phi) is 4.47. The number of rotatable bonds is 5. The first-order valence-corrected chi connectivity index (χ1v) is 9.81. The molecule has 1 fully saturated rings. The van der Waals surface area contributed by atoms with E-state index in [1.165, 1.54) is 21.7 Å². The van der Waals surface area contributed by atoms with Gasteiger partial charge in [0.15, 0.2) is 5.13 Å². The van der Waals surface area contributed by atoms with E-state index in [1.807, 2.05) is 0 Å². The Balaban J connectivity index is 1.61. The molecular weight excluding hydrogens is 363 g/mol. The number of anilines is 1. The third-order valence-corrected chi connectivity index (χ3v) is 6.75. The zero-order chi connectivity index (χ0) is 17.5. The maximum absolute atomic E-state index is 12.7. The molecule has 1 aliphatic rings. The number of nitrogens with zero attached hydrogens (tertiary/aromatic N) is 2. The quantitative estimate of drug-likeness (QED) is 0.868. The maximum Gasteiger partial charge on any atom is 0.416 e. The Hall–Kier alpha value is -1.39. The van der Waals surface area contributed by atoms with Crippen LogP contribution in [0.1, 0.15) is 12.5 Å². The standard InChI is InChI=1S/C14H16F3N3O2S2/c1-2-24(21,22)20-7-9(8-20)6-18-13-19-11-5-10(14(15,16)17)3-4-12(11)23-13/h3-5,9H,2,6-8H2,1H3,(H,18,19). The summed E-state index contributed by atoms with van der Waals surface area (Å²) >= 11 is 1.28. The summed E-state index contributed by atoms with van der Waals surface area (Å²) in [6, 6.07) is 3.50. The molecule has 2 aromatic rings. The molecule has 0 aliphatic carbocycles. The van der Waals surface area contributed by atoms with Crippen molar-refractivity contribution < 1.29 is 21.6 Å². The van der Waals surface area contributed by atoms with Gasteiger partial charge in [-0.1, -0.05) is 11.3 Å². The molecule has 132 valence electrons. The number of benzene rings is 1. The Morgan fingerprint density at radius 2 is 2.08 bits per heavy atom. The van der Waals surface area contributed by atoms with Crippen molar-refractivity contribution in [1.29, 1.82) is 0 Å². The number of hydrogen-bond donors (Lipinski definition) is 1. The van der Waals surface area contributed by atoms with Crippen molar-refractivity contribution in [2.45, 2.75) is 13.1 Å². The molecule has 24 heavy (non-hydrogen) atoms. The van der Waals surface area contributed by atoms with Crippen LogP contribution in [0.25, 0.3) is 10.2 Å². The summed E-state index contributed by atoms with van der Waals surface area (Å²) < 4.78 is 63.5. The van der Waals surface area contributed by atoms with E-state index < -0.39 is 21.8 Å². The molecule has 0 amide bonds. The summed E-state index contributed by atoms with van der Waals surface area (Å²) in [6.07, 6.45) is -4.38. The predicted molar refractivity (Wildman–Crippen MR) is 87.6 cm³/mol. The number of thiazole rings is 1. The molecule has 1 aromatic carbocycles. The molecule has 0 radical (unpaired) electrons. The number of halogens is 3. The van der Waals surface area contributed by atoms with Crippen LogP contribution in [0.4, 0.5) is 18.3 Å². The number of aromatic nitrogens is 1. The van der Waals surface area contributed by atoms with Crippen LogP contribution in [-0.2, 0) is 16.2 Å². The zero-order valence-corrected chi connectivity index (χ0v) is 14.4. The lowest BCUT2D eigenvalue weighted by Crippen LogP contribution is -2.52. The summed E-state index contributed by atoms with van der Waals surface area (Å²) in [7, 11) is -3.13. The fourth-order valence-corrected chi connectivity index (χ4v) is 4.57. The minimum Gasteiger partial charge on any atom is -0.361 e. The third-order valence-electron chi connectivity index (χ3n) is 3.94. The molecule has 0 unspecified atom stereocenters. The summed E-state index contributed by atoms with van der Waals surface area (Å²) in [4.78, 5) is 4.18. The maximum atomic E-state index is 12.7. The molecule has 2 heterocycles. The van der Waals surface area contributed by atoms with Gasteiger partial charge in [0.1, 0.15) is 0 Å². The molecule has 1 aliphatic heterocycles. The van der Waals surface area contributed by atoms with E-state index in [1.54, 1.807) is 6.92 Å². The van der Waals surface area contributed by atoms with Gasteiger partial charge in [-0.2, -0.15) is 13.2 Å². The average molecular weight is 379 g/mol. The average Bonchev–Trinajstić information content (AvgIpc) is 2.86. The topological polar surface area (TPSA) is 62.3 Å². The van der Waals surface area contributed by atoms with Gasteiger partial charge in [0, 0.05) is 25.6 Å². The van der Waals surface area contributed by atoms with Crippen molar-refractivity contribution in [2.75, 3.05) is 30.7 Å². The van der Waals surface area contributed by atoms with Gasteiger partial charge in [-0.05, 0) is 25.1 Å². The first kappa shape index (κ1) is 17.4. The number of hydrogen-bond acceptors (Lipinski definition) is 5. The number of alkyl halides is 3. The van der Waals surface area contributed by atoms with E-state index in [-0.39, 0.29) is 11.7 Å². The summed E-state index contributed by atoms with van der Waals surface area (Å²) in [5.74, 6) is 0.274. The van der Waals surface area contributed by atoms with Crippen LogP contribution in [0.15, 0.2) is 18.2 Å². The molecule has 1 aromatic heterocycles. The van der Waals surface area contributed by atoms with E-state index >= 15 is 0 Å². The van der Waals surface area contributed by atoms with Crippen molar-refractivity contribution in [2.24, 2.45) is 5.92 Å². The van der Waals surface area contributed by atoms with Gasteiger partial charge in [-0.15, -0.1) is 0 Å². The third kappa shape index (κ3) is 3.50. The highest BCUT2D eigenvalue weighted by molar-refractivity contribution is 7.89. The fourth-order valence-electron chi connectivity index (χ4n) is 2.47. The van der Waals surface area contributed by atoms with Crippen molar-refractivity contribution >= 4 is 36.7 Å². The molecule has 1 N–H and O–H groups in total. The van der Waals surface area contributed by atoms with Gasteiger partial charge in [-0.3, -0.25) is 0 Å². The molecule has 10 heteroatoms. The second kappa shape index (κ2) is 6.16. The minimum atomic E-state index is -4.38. The van der Waals surface area contributed by atoms with Crippen molar-refractivity contribution in [3.8, 4) is 0 Å². The first-order chi connectivity index (χ1) is 11.2. The van der Waals surface area contributed by atoms with E-state index in [4.69, 9.17) is 0 Å². The second-order valence-electron chi connectivity index (χ2n) is 5.66. The van der Waals surface area contributed by atoms with Crippen molar-refractivity contribution in [3.05, 3.63) is 23.8 Å². The Labute approximate surface area is 141 Å². The zero-order valence-electron chi connectivity index (χ0n) is 12.8. The summed E-state index contributed by atoms with van der Waals surface area (Å²) in [6.45, 7) is 3.08. The van der Waals surface area contributed by atoms with E-state index in [0.29, 0.717) is 35.0 Å². The van der Waals surface area contributed by atoms with Crippen molar-refractivity contribution in [1.82, 2.24) is 9.29 Å². The first-order valence-electron chi connectivity index (χ1n) is 7.38. The second-order valence-corrected chi connectivity index (χ2v) is 8.95. The van der Waals surface area contributed by atoms with Crippen LogP contribution in [0, 0.1) is 5.92 Å². The molecule has 0 bridgehead atoms. The van der Waals surface area contributed by atoms with Gasteiger partial charge in [0.2, 0.25) is 10.0 Å². The van der Waals surface area contributed by atoms with Crippen LogP contribution in [0.5, 0.6) is 0 Å². The highest BCUT2D eigenvalue weighted by atomic mass is 32.2. The van der Waals surface area contributed by atoms with Crippen LogP contribution >= 0.6 is 11.3 Å². The van der Waals surface area contributed by atoms with Crippen LogP contribution in [0.2, 0.25) is 0 Å². The lowest BCUT2D eigenvalue weighted by atomic mass is 10.0. The van der Waals surface area contributed by atoms with E-state index in [0.717, 1.165) is 12.1 Å². The van der Waals surface area contributed by atoms with Gasteiger partial charge in [0.25, 0.3) is 0 Å². The van der Waals surface area contributed by atoms with Crippen molar-refractivity contribution in [3.63, 3.8) is 0 Å². The smallest absolute Gasteiger partial charge is 0.361 e. The lowest BCUT2D eigenvalue weighted by Gasteiger charge is -2.37. The van der Waals surface area contributed by atoms with Gasteiger partial charge < -0.3 is 5.32 Å². The molecule has 5 nitrogen and oxygen atoms in total. The van der Waals surface area contributed by atoms with Gasteiger partial charge in [-0.25, -0.2) is 17.7 Å². The van der Waals surface area contributed by atoms with Gasteiger partial charge in [0.05, 0.1) is 21.5 Å². The van der Waals surface area contributed by atoms with Crippen LogP contribution in [0.3, 0.4) is 0 Å². The van der Waals surface area contributed by atoms with Crippen LogP contribution < -0.4 is 5.32 Å². The number of sulfonamides is 1. The monoisotopic (exact) mass is 379 g/mol. The molecule has 0 spiro atoms. The largest absolute Gasteiger partial charge is 0.416 e. The summed E-state index contributed by atoms with van der Waals surface area (Å²) in [5, 5.41) is 3.63. The molecular formula is C14H16F3N3O2S2. The summed E-state index contributed by atoms with van der Waals surface area (Å²) in [5.41, 5.74) is -0.410. The molecule has 0 atom stereocenters. The number of fused-ring (bicyclic) bond motifs is 1. The Morgan fingerprint density at radius 3 is 2.71 bits per heavy atom. The fraction of sp³-hybridized carbons (Fsp3) is 0.500. The van der Waals surface area contributed by atoms with Crippen LogP contribution in [-0.4, -0.2) is 43.1 Å². The van der Waals surface area contributed by atoms with E-state index in [9.17, 15) is 21.6 Å². The Bertz CT molecular complexity index is 843. The lowest BCUT2D eigenvalue weighted by molar-refractivity contribution is -0.137. The molecule has 0 saturated carbocycles. The normalized spacial score (nSPS) is 17.2. The van der Waals surface area contributed by atoms with Gasteiger partial charge >= 0.3 is 6.18 Å². The Morgan fingerprint density at radius 1 is 1.38 bits per heavy atom. The molecule has 1 saturated heterocycles. The van der Waals surface area contributed by atoms with E-state index in [2.05, 4.69) is 10.3 Å². The molecule has 3 rings (SSSR count).